The van der Waals surface area contributed by atoms with Gasteiger partial charge in [0.05, 0.1) is 5.56 Å². The summed E-state index contributed by atoms with van der Waals surface area (Å²) in [4.78, 5) is 5.55. The fourth-order valence-electron chi connectivity index (χ4n) is 2.40. The van der Waals surface area contributed by atoms with Crippen molar-refractivity contribution in [3.05, 3.63) is 42.4 Å². The number of anilines is 1. The summed E-state index contributed by atoms with van der Waals surface area (Å²) < 4.78 is 40.5. The highest BCUT2D eigenvalue weighted by molar-refractivity contribution is 5.50. The van der Waals surface area contributed by atoms with E-state index in [1.54, 1.807) is 15.8 Å². The van der Waals surface area contributed by atoms with Crippen molar-refractivity contribution in [1.29, 1.82) is 0 Å². The Labute approximate surface area is 113 Å². The quantitative estimate of drug-likeness (QED) is 0.867. The van der Waals surface area contributed by atoms with Crippen molar-refractivity contribution in [3.8, 4) is 0 Å². The number of aromatic nitrogens is 3. The Kier molecular flexibility index (Phi) is 3.11. The van der Waals surface area contributed by atoms with E-state index in [4.69, 9.17) is 0 Å². The number of alkyl halides is 3. The lowest BCUT2D eigenvalue weighted by molar-refractivity contribution is -0.137. The number of nitrogens with zero attached hydrogens (tertiary/aromatic N) is 4. The van der Waals surface area contributed by atoms with Crippen LogP contribution in [0.15, 0.2) is 36.8 Å². The molecule has 1 aliphatic heterocycles. The van der Waals surface area contributed by atoms with E-state index in [1.807, 2.05) is 12.3 Å². The first-order valence-corrected chi connectivity index (χ1v) is 6.28. The minimum Gasteiger partial charge on any atom is -0.355 e. The van der Waals surface area contributed by atoms with E-state index in [1.165, 1.54) is 12.3 Å². The summed E-state index contributed by atoms with van der Waals surface area (Å²) >= 11 is 0. The highest BCUT2D eigenvalue weighted by Crippen LogP contribution is 2.37. The van der Waals surface area contributed by atoms with Crippen LogP contribution in [-0.2, 0) is 12.7 Å². The lowest BCUT2D eigenvalue weighted by Crippen LogP contribution is -2.49. The smallest absolute Gasteiger partial charge is 0.355 e. The molecule has 0 aliphatic carbocycles. The average Bonchev–Trinajstić information content (AvgIpc) is 2.85. The van der Waals surface area contributed by atoms with Gasteiger partial charge in [-0.25, -0.2) is 4.98 Å². The summed E-state index contributed by atoms with van der Waals surface area (Å²) in [5.41, 5.74) is -0.669. The van der Waals surface area contributed by atoms with Gasteiger partial charge in [-0.3, -0.25) is 4.68 Å². The van der Waals surface area contributed by atoms with Gasteiger partial charge in [0, 0.05) is 44.1 Å². The number of hydrogen-bond acceptors (Lipinski definition) is 3. The molecule has 1 saturated heterocycles. The van der Waals surface area contributed by atoms with Crippen LogP contribution in [0.5, 0.6) is 0 Å². The number of hydrogen-bond donors (Lipinski definition) is 0. The molecule has 0 unspecified atom stereocenters. The Morgan fingerprint density at radius 1 is 1.20 bits per heavy atom. The molecule has 2 aromatic rings. The molecular formula is C13H13F3N4. The van der Waals surface area contributed by atoms with E-state index in [-0.39, 0.29) is 5.82 Å². The largest absolute Gasteiger partial charge is 0.419 e. The first kappa shape index (κ1) is 13.0. The zero-order valence-corrected chi connectivity index (χ0v) is 10.6. The second-order valence-electron chi connectivity index (χ2n) is 4.87. The molecule has 0 bridgehead atoms. The van der Waals surface area contributed by atoms with Gasteiger partial charge in [0.2, 0.25) is 0 Å². The van der Waals surface area contributed by atoms with E-state index in [9.17, 15) is 13.2 Å². The van der Waals surface area contributed by atoms with Crippen molar-refractivity contribution in [2.75, 3.05) is 18.0 Å². The van der Waals surface area contributed by atoms with Crippen LogP contribution in [0.25, 0.3) is 0 Å². The molecule has 7 heteroatoms. The maximum atomic E-state index is 12.9. The zero-order chi connectivity index (χ0) is 14.2. The summed E-state index contributed by atoms with van der Waals surface area (Å²) in [6.07, 6.45) is 0.573. The topological polar surface area (TPSA) is 34.0 Å². The van der Waals surface area contributed by atoms with Gasteiger partial charge in [-0.2, -0.15) is 18.3 Å². The van der Waals surface area contributed by atoms with Crippen molar-refractivity contribution in [3.63, 3.8) is 0 Å². The normalized spacial score (nSPS) is 16.2. The number of pyridine rings is 1. The van der Waals surface area contributed by atoms with Crippen molar-refractivity contribution in [1.82, 2.24) is 14.8 Å². The number of rotatable bonds is 3. The van der Waals surface area contributed by atoms with Crippen molar-refractivity contribution >= 4 is 5.82 Å². The minimum absolute atomic E-state index is 0.0247. The molecule has 0 aromatic carbocycles. The standard InChI is InChI=1S/C13H13F3N4/c14-13(15,16)11-3-1-4-17-12(11)19-7-10(8-19)9-20-6-2-5-18-20/h1-6,10H,7-9H2. The molecule has 3 rings (SSSR count). The van der Waals surface area contributed by atoms with E-state index in [0.717, 1.165) is 12.6 Å². The molecule has 1 fully saturated rings. The summed E-state index contributed by atoms with van der Waals surface area (Å²) in [6, 6.07) is 4.22. The van der Waals surface area contributed by atoms with Crippen LogP contribution in [0, 0.1) is 5.92 Å². The highest BCUT2D eigenvalue weighted by Gasteiger charge is 2.38. The minimum atomic E-state index is -4.36. The van der Waals surface area contributed by atoms with Crippen molar-refractivity contribution in [2.24, 2.45) is 5.92 Å². The van der Waals surface area contributed by atoms with Crippen LogP contribution in [0.2, 0.25) is 0 Å². The lowest BCUT2D eigenvalue weighted by Gasteiger charge is -2.41. The van der Waals surface area contributed by atoms with Crippen molar-refractivity contribution in [2.45, 2.75) is 12.7 Å². The van der Waals surface area contributed by atoms with E-state index >= 15 is 0 Å². The first-order chi connectivity index (χ1) is 9.54. The third-order valence-electron chi connectivity index (χ3n) is 3.35. The predicted molar refractivity (Wildman–Crippen MR) is 67.2 cm³/mol. The highest BCUT2D eigenvalue weighted by atomic mass is 19.4. The molecule has 0 N–H and O–H groups in total. The summed E-state index contributed by atoms with van der Waals surface area (Å²) in [5, 5.41) is 4.10. The molecule has 0 atom stereocenters. The second kappa shape index (κ2) is 4.81. The number of halogens is 3. The molecule has 1 aliphatic rings. The Hall–Kier alpha value is -2.05. The first-order valence-electron chi connectivity index (χ1n) is 6.28. The Morgan fingerprint density at radius 3 is 2.65 bits per heavy atom. The van der Waals surface area contributed by atoms with Gasteiger partial charge in [-0.1, -0.05) is 0 Å². The Bertz CT molecular complexity index is 574. The fraction of sp³-hybridized carbons (Fsp3) is 0.385. The van der Waals surface area contributed by atoms with Gasteiger partial charge in [-0.15, -0.1) is 0 Å². The molecule has 0 radical (unpaired) electrons. The Morgan fingerprint density at radius 2 is 2.00 bits per heavy atom. The van der Waals surface area contributed by atoms with E-state index in [0.29, 0.717) is 19.0 Å². The third kappa shape index (κ3) is 2.48. The van der Waals surface area contributed by atoms with Crippen LogP contribution < -0.4 is 4.90 Å². The van der Waals surface area contributed by atoms with E-state index < -0.39 is 11.7 Å². The van der Waals surface area contributed by atoms with Crippen LogP contribution in [0.4, 0.5) is 19.0 Å². The Balaban J connectivity index is 1.68. The molecular weight excluding hydrogens is 269 g/mol. The molecule has 0 amide bonds. The predicted octanol–water partition coefficient (Wildman–Crippen LogP) is 2.43. The lowest BCUT2D eigenvalue weighted by atomic mass is 9.99. The SMILES string of the molecule is FC(F)(F)c1cccnc1N1CC(Cn2cccn2)C1. The van der Waals surface area contributed by atoms with Gasteiger partial charge in [0.15, 0.2) is 0 Å². The van der Waals surface area contributed by atoms with Gasteiger partial charge in [0.25, 0.3) is 0 Å². The van der Waals surface area contributed by atoms with Crippen LogP contribution in [0.1, 0.15) is 5.56 Å². The molecule has 4 nitrogen and oxygen atoms in total. The molecule has 20 heavy (non-hydrogen) atoms. The van der Waals surface area contributed by atoms with Gasteiger partial charge >= 0.3 is 6.18 Å². The van der Waals surface area contributed by atoms with Gasteiger partial charge < -0.3 is 4.90 Å². The second-order valence-corrected chi connectivity index (χ2v) is 4.87. The maximum Gasteiger partial charge on any atom is 0.419 e. The molecule has 2 aromatic heterocycles. The zero-order valence-electron chi connectivity index (χ0n) is 10.6. The summed E-state index contributed by atoms with van der Waals surface area (Å²) in [5.74, 6) is 0.328. The summed E-state index contributed by atoms with van der Waals surface area (Å²) in [7, 11) is 0. The molecule has 106 valence electrons. The van der Waals surface area contributed by atoms with Gasteiger partial charge in [-0.05, 0) is 18.2 Å². The molecule has 0 spiro atoms. The molecule has 3 heterocycles. The molecule has 0 saturated carbocycles. The average molecular weight is 282 g/mol. The maximum absolute atomic E-state index is 12.9. The fourth-order valence-corrected chi connectivity index (χ4v) is 2.40. The third-order valence-corrected chi connectivity index (χ3v) is 3.35. The van der Waals surface area contributed by atoms with Crippen LogP contribution in [-0.4, -0.2) is 27.9 Å². The van der Waals surface area contributed by atoms with E-state index in [2.05, 4.69) is 10.1 Å². The van der Waals surface area contributed by atoms with Gasteiger partial charge in [0.1, 0.15) is 5.82 Å². The van der Waals surface area contributed by atoms with Crippen LogP contribution in [0.3, 0.4) is 0 Å². The summed E-state index contributed by atoms with van der Waals surface area (Å²) in [6.45, 7) is 1.86. The van der Waals surface area contributed by atoms with Crippen LogP contribution >= 0.6 is 0 Å². The monoisotopic (exact) mass is 282 g/mol. The van der Waals surface area contributed by atoms with Crippen molar-refractivity contribution < 1.29 is 13.2 Å².